The van der Waals surface area contributed by atoms with Crippen molar-refractivity contribution in [1.82, 2.24) is 9.80 Å². The van der Waals surface area contributed by atoms with Crippen LogP contribution in [0.3, 0.4) is 0 Å². The van der Waals surface area contributed by atoms with Crippen LogP contribution in [0.2, 0.25) is 0 Å². The number of hydrogen-bond donors (Lipinski definition) is 0. The van der Waals surface area contributed by atoms with Crippen LogP contribution in [0.4, 0.5) is 0 Å². The van der Waals surface area contributed by atoms with Crippen LogP contribution >= 0.6 is 15.9 Å². The molecule has 1 heterocycles. The minimum atomic E-state index is 0.0848. The number of carbonyl (C=O) groups is 1. The second kappa shape index (κ2) is 6.18. The predicted octanol–water partition coefficient (Wildman–Crippen LogP) is 2.04. The minimum Gasteiger partial charge on any atom is -0.336 e. The number of piperazine rings is 1. The lowest BCUT2D eigenvalue weighted by Gasteiger charge is -2.33. The van der Waals surface area contributed by atoms with Crippen molar-refractivity contribution in [1.29, 1.82) is 5.26 Å². The summed E-state index contributed by atoms with van der Waals surface area (Å²) in [5.74, 6) is 0.0848. The molecule has 1 aromatic rings. The first-order chi connectivity index (χ1) is 9.11. The first kappa shape index (κ1) is 14.0. The van der Waals surface area contributed by atoms with Gasteiger partial charge in [-0.3, -0.25) is 9.69 Å². The van der Waals surface area contributed by atoms with Gasteiger partial charge in [-0.15, -0.1) is 0 Å². The molecular formula is C14H16BrN3O. The molecule has 1 fully saturated rings. The fourth-order valence-corrected chi connectivity index (χ4v) is 2.72. The molecule has 100 valence electrons. The Kier molecular flexibility index (Phi) is 4.56. The van der Waals surface area contributed by atoms with Crippen LogP contribution in [0.5, 0.6) is 0 Å². The molecule has 0 spiro atoms. The van der Waals surface area contributed by atoms with Crippen LogP contribution < -0.4 is 0 Å². The summed E-state index contributed by atoms with van der Waals surface area (Å²) in [5, 5.41) is 8.66. The highest BCUT2D eigenvalue weighted by Crippen LogP contribution is 2.18. The fraction of sp³-hybridized carbons (Fsp3) is 0.429. The van der Waals surface area contributed by atoms with Gasteiger partial charge in [-0.2, -0.15) is 5.26 Å². The van der Waals surface area contributed by atoms with Crippen LogP contribution in [0.1, 0.15) is 15.9 Å². The van der Waals surface area contributed by atoms with Crippen molar-refractivity contribution in [2.24, 2.45) is 0 Å². The van der Waals surface area contributed by atoms with Gasteiger partial charge in [0, 0.05) is 36.2 Å². The van der Waals surface area contributed by atoms with E-state index in [1.54, 1.807) is 0 Å². The molecule has 0 radical (unpaired) electrons. The van der Waals surface area contributed by atoms with Crippen molar-refractivity contribution in [3.05, 3.63) is 33.8 Å². The lowest BCUT2D eigenvalue weighted by atomic mass is 10.1. The van der Waals surface area contributed by atoms with E-state index in [2.05, 4.69) is 26.9 Å². The maximum absolute atomic E-state index is 12.4. The molecule has 19 heavy (non-hydrogen) atoms. The second-order valence-corrected chi connectivity index (χ2v) is 5.60. The Morgan fingerprint density at radius 1 is 1.37 bits per heavy atom. The molecule has 4 nitrogen and oxygen atoms in total. The van der Waals surface area contributed by atoms with Gasteiger partial charge in [0.15, 0.2) is 0 Å². The summed E-state index contributed by atoms with van der Waals surface area (Å²) in [4.78, 5) is 16.4. The molecule has 1 aliphatic heterocycles. The van der Waals surface area contributed by atoms with E-state index in [0.29, 0.717) is 19.6 Å². The number of benzene rings is 1. The molecule has 1 aromatic carbocycles. The van der Waals surface area contributed by atoms with Crippen LogP contribution in [0.25, 0.3) is 0 Å². The summed E-state index contributed by atoms with van der Waals surface area (Å²) in [5.41, 5.74) is 1.75. The van der Waals surface area contributed by atoms with E-state index < -0.39 is 0 Å². The normalized spacial score (nSPS) is 16.2. The highest BCUT2D eigenvalue weighted by molar-refractivity contribution is 9.10. The molecular weight excluding hydrogens is 306 g/mol. The lowest BCUT2D eigenvalue weighted by Crippen LogP contribution is -2.48. The topological polar surface area (TPSA) is 47.3 Å². The second-order valence-electron chi connectivity index (χ2n) is 4.69. The Hall–Kier alpha value is -1.38. The molecule has 0 aliphatic carbocycles. The van der Waals surface area contributed by atoms with E-state index in [1.807, 2.05) is 30.0 Å². The van der Waals surface area contributed by atoms with Crippen molar-refractivity contribution in [2.45, 2.75) is 6.92 Å². The summed E-state index contributed by atoms with van der Waals surface area (Å²) < 4.78 is 0.986. The van der Waals surface area contributed by atoms with Crippen LogP contribution in [0, 0.1) is 18.3 Å². The summed E-state index contributed by atoms with van der Waals surface area (Å²) >= 11 is 3.40. The average Bonchev–Trinajstić information content (AvgIpc) is 2.39. The summed E-state index contributed by atoms with van der Waals surface area (Å²) in [6, 6.07) is 7.86. The number of nitrogens with zero attached hydrogens (tertiary/aromatic N) is 3. The van der Waals surface area contributed by atoms with Gasteiger partial charge >= 0.3 is 0 Å². The Morgan fingerprint density at radius 3 is 2.63 bits per heavy atom. The third-order valence-electron chi connectivity index (χ3n) is 3.37. The van der Waals surface area contributed by atoms with Crippen LogP contribution in [-0.2, 0) is 0 Å². The van der Waals surface area contributed by atoms with E-state index in [-0.39, 0.29) is 5.91 Å². The van der Waals surface area contributed by atoms with E-state index in [9.17, 15) is 4.79 Å². The van der Waals surface area contributed by atoms with Gasteiger partial charge in [0.2, 0.25) is 0 Å². The van der Waals surface area contributed by atoms with E-state index in [4.69, 9.17) is 5.26 Å². The Labute approximate surface area is 121 Å². The van der Waals surface area contributed by atoms with Crippen molar-refractivity contribution in [3.8, 4) is 6.07 Å². The highest BCUT2D eigenvalue weighted by atomic mass is 79.9. The third-order valence-corrected chi connectivity index (χ3v) is 3.87. The Morgan fingerprint density at radius 2 is 2.05 bits per heavy atom. The number of carbonyl (C=O) groups excluding carboxylic acids is 1. The Bertz CT molecular complexity index is 516. The number of aryl methyl sites for hydroxylation is 1. The van der Waals surface area contributed by atoms with Gasteiger partial charge < -0.3 is 4.90 Å². The molecule has 0 aromatic heterocycles. The summed E-state index contributed by atoms with van der Waals surface area (Å²) in [6.07, 6.45) is 0. The van der Waals surface area contributed by atoms with Crippen molar-refractivity contribution in [2.75, 3.05) is 32.7 Å². The van der Waals surface area contributed by atoms with Gasteiger partial charge in [-0.05, 0) is 30.7 Å². The first-order valence-electron chi connectivity index (χ1n) is 6.26. The predicted molar refractivity (Wildman–Crippen MR) is 76.8 cm³/mol. The lowest BCUT2D eigenvalue weighted by molar-refractivity contribution is 0.0651. The van der Waals surface area contributed by atoms with E-state index in [1.165, 1.54) is 0 Å². The molecule has 0 N–H and O–H groups in total. The molecule has 1 aliphatic rings. The van der Waals surface area contributed by atoms with Crippen molar-refractivity contribution in [3.63, 3.8) is 0 Å². The van der Waals surface area contributed by atoms with E-state index in [0.717, 1.165) is 28.7 Å². The maximum atomic E-state index is 12.4. The molecule has 0 bridgehead atoms. The molecule has 1 saturated heterocycles. The van der Waals surface area contributed by atoms with Crippen LogP contribution in [0.15, 0.2) is 22.7 Å². The molecule has 2 rings (SSSR count). The summed E-state index contributed by atoms with van der Waals surface area (Å²) in [6.45, 7) is 5.32. The zero-order chi connectivity index (χ0) is 13.8. The number of halogens is 1. The number of hydrogen-bond acceptors (Lipinski definition) is 3. The number of amides is 1. The van der Waals surface area contributed by atoms with E-state index >= 15 is 0 Å². The maximum Gasteiger partial charge on any atom is 0.254 e. The van der Waals surface area contributed by atoms with Crippen LogP contribution in [-0.4, -0.2) is 48.4 Å². The average molecular weight is 322 g/mol. The zero-order valence-electron chi connectivity index (χ0n) is 10.9. The smallest absolute Gasteiger partial charge is 0.254 e. The minimum absolute atomic E-state index is 0.0848. The van der Waals surface area contributed by atoms with Gasteiger partial charge in [-0.25, -0.2) is 0 Å². The monoisotopic (exact) mass is 321 g/mol. The van der Waals surface area contributed by atoms with Gasteiger partial charge in [0.05, 0.1) is 12.6 Å². The molecule has 0 atom stereocenters. The number of rotatable bonds is 2. The van der Waals surface area contributed by atoms with Gasteiger partial charge in [-0.1, -0.05) is 15.9 Å². The zero-order valence-corrected chi connectivity index (χ0v) is 12.5. The van der Waals surface area contributed by atoms with Crippen molar-refractivity contribution >= 4 is 21.8 Å². The molecule has 1 amide bonds. The van der Waals surface area contributed by atoms with Gasteiger partial charge in [0.25, 0.3) is 5.91 Å². The quantitative estimate of drug-likeness (QED) is 0.783. The Balaban J connectivity index is 2.03. The van der Waals surface area contributed by atoms with Gasteiger partial charge in [0.1, 0.15) is 0 Å². The SMILES string of the molecule is Cc1cc(Br)ccc1C(=O)N1CCN(CC#N)CC1. The molecule has 0 saturated carbocycles. The summed E-state index contributed by atoms with van der Waals surface area (Å²) in [7, 11) is 0. The first-order valence-corrected chi connectivity index (χ1v) is 7.06. The highest BCUT2D eigenvalue weighted by Gasteiger charge is 2.22. The standard InChI is InChI=1S/C14H16BrN3O/c1-11-10-12(15)2-3-13(11)14(19)18-8-6-17(5-4-16)7-9-18/h2-3,10H,5-9H2,1H3. The molecule has 0 unspecified atom stereocenters. The fourth-order valence-electron chi connectivity index (χ4n) is 2.25. The van der Waals surface area contributed by atoms with Crippen molar-refractivity contribution < 1.29 is 4.79 Å². The molecule has 5 heteroatoms. The number of nitriles is 1. The largest absolute Gasteiger partial charge is 0.336 e. The third kappa shape index (κ3) is 3.34.